The maximum absolute atomic E-state index is 14.2. The Labute approximate surface area is 270 Å². The maximum atomic E-state index is 14.2. The molecule has 12 nitrogen and oxygen atoms in total. The fourth-order valence-electron chi connectivity index (χ4n) is 5.94. The molecule has 1 fully saturated rings. The first-order valence-corrected chi connectivity index (χ1v) is 17.1. The summed E-state index contributed by atoms with van der Waals surface area (Å²) in [6.07, 6.45) is -0.529. The molecule has 0 atom stereocenters. The number of halogens is 3. The van der Waals surface area contributed by atoms with E-state index >= 15 is 0 Å². The molecule has 2 aromatic heterocycles. The number of methoxy groups -OCH3 is 1. The van der Waals surface area contributed by atoms with E-state index in [0.717, 1.165) is 5.69 Å². The number of pyridine rings is 1. The molecule has 0 spiro atoms. The molecule has 1 aromatic carbocycles. The monoisotopic (exact) mass is 678 g/mol. The molecule has 2 aliphatic rings. The van der Waals surface area contributed by atoms with Crippen molar-refractivity contribution < 1.29 is 41.4 Å². The number of aromatic nitrogens is 3. The van der Waals surface area contributed by atoms with E-state index in [0.29, 0.717) is 54.4 Å². The van der Waals surface area contributed by atoms with E-state index < -0.39 is 25.2 Å². The van der Waals surface area contributed by atoms with Gasteiger partial charge in [0.15, 0.2) is 0 Å². The van der Waals surface area contributed by atoms with Gasteiger partial charge >= 0.3 is 13.8 Å². The zero-order valence-corrected chi connectivity index (χ0v) is 27.5. The molecular weight excluding hydrogens is 640 g/mol. The zero-order valence-electron chi connectivity index (χ0n) is 26.6. The normalized spacial score (nSPS) is 18.3. The predicted molar refractivity (Wildman–Crippen MR) is 168 cm³/mol. The Bertz CT molecular complexity index is 1660. The van der Waals surface area contributed by atoms with Crippen LogP contribution in [0.2, 0.25) is 0 Å². The number of aliphatic hydroxyl groups excluding tert-OH is 1. The molecular formula is C31H38F3N6O6P. The largest absolute Gasteiger partial charge is 0.495 e. The van der Waals surface area contributed by atoms with Gasteiger partial charge in [0, 0.05) is 37.0 Å². The van der Waals surface area contributed by atoms with Crippen LogP contribution in [0.25, 0.3) is 0 Å². The Morgan fingerprint density at radius 2 is 1.74 bits per heavy atom. The highest BCUT2D eigenvalue weighted by atomic mass is 31.2. The van der Waals surface area contributed by atoms with Gasteiger partial charge < -0.3 is 34.4 Å². The maximum Gasteiger partial charge on any atom is 0.421 e. The van der Waals surface area contributed by atoms with Gasteiger partial charge in [0.1, 0.15) is 17.1 Å². The van der Waals surface area contributed by atoms with E-state index in [9.17, 15) is 27.6 Å². The minimum atomic E-state index is -4.81. The molecule has 0 radical (unpaired) electrons. The Hall–Kier alpha value is -3.78. The number of anilines is 4. The van der Waals surface area contributed by atoms with Gasteiger partial charge in [-0.25, -0.2) is 4.98 Å². The SMILES string of the molecule is CCOP(=O)(Cc1ccc(Nc2ncc(C(F)(F)F)c(Nc3cnc(C4CCC(O)CC4)c4c3C(=O)N(C)C4)n2)c(OC)c1)OCC. The number of fused-ring (bicyclic) bond motifs is 1. The second kappa shape index (κ2) is 14.1. The van der Waals surface area contributed by atoms with Crippen LogP contribution in [0.1, 0.15) is 78.2 Å². The third-order valence-corrected chi connectivity index (χ3v) is 10.2. The zero-order chi connectivity index (χ0) is 33.9. The molecule has 1 aliphatic heterocycles. The highest BCUT2D eigenvalue weighted by Crippen LogP contribution is 2.52. The van der Waals surface area contributed by atoms with E-state index in [1.165, 1.54) is 18.2 Å². The van der Waals surface area contributed by atoms with Crippen LogP contribution in [0.3, 0.4) is 0 Å². The first-order valence-electron chi connectivity index (χ1n) is 15.3. The highest BCUT2D eigenvalue weighted by molar-refractivity contribution is 7.53. The minimum absolute atomic E-state index is 0.01000. The smallest absolute Gasteiger partial charge is 0.421 e. The van der Waals surface area contributed by atoms with Crippen LogP contribution in [0.4, 0.5) is 36.3 Å². The predicted octanol–water partition coefficient (Wildman–Crippen LogP) is 6.76. The third-order valence-electron chi connectivity index (χ3n) is 8.14. The molecule has 254 valence electrons. The molecule has 3 aromatic rings. The highest BCUT2D eigenvalue weighted by Gasteiger charge is 2.38. The van der Waals surface area contributed by atoms with E-state index in [4.69, 9.17) is 13.8 Å². The van der Waals surface area contributed by atoms with Gasteiger partial charge in [-0.05, 0) is 57.2 Å². The summed E-state index contributed by atoms with van der Waals surface area (Å²) in [7, 11) is -0.363. The van der Waals surface area contributed by atoms with Gasteiger partial charge in [0.05, 0.1) is 55.7 Å². The number of hydrogen-bond acceptors (Lipinski definition) is 11. The second-order valence-electron chi connectivity index (χ2n) is 11.4. The van der Waals surface area contributed by atoms with Crippen LogP contribution < -0.4 is 15.4 Å². The topological polar surface area (TPSA) is 148 Å². The number of hydrogen-bond donors (Lipinski definition) is 3. The van der Waals surface area contributed by atoms with Gasteiger partial charge in [-0.3, -0.25) is 14.3 Å². The lowest BCUT2D eigenvalue weighted by molar-refractivity contribution is -0.137. The standard InChI is InChI=1S/C31H38F3N6O6P/c1-5-45-47(43,46-6-2)17-18-7-12-23(25(13-18)44-4)38-30-36-14-22(31(32,33)34)28(39-30)37-24-15-35-27(19-8-10-20(41)11-9-19)21-16-40(3)29(42)26(21)24/h7,12-15,19-20,41H,5-6,8-11,16-17H2,1-4H3,(H2,36,37,38,39). The van der Waals surface area contributed by atoms with Crippen LogP contribution in [-0.4, -0.2) is 64.3 Å². The Morgan fingerprint density at radius 3 is 2.38 bits per heavy atom. The number of aliphatic hydroxyl groups is 1. The Balaban J connectivity index is 1.46. The molecule has 3 heterocycles. The first kappa shape index (κ1) is 34.6. The molecule has 0 unspecified atom stereocenters. The number of carbonyl (C=O) groups excluding carboxylic acids is 1. The van der Waals surface area contributed by atoms with Crippen molar-refractivity contribution >= 4 is 36.6 Å². The molecule has 5 rings (SSSR count). The lowest BCUT2D eigenvalue weighted by Gasteiger charge is -2.26. The van der Waals surface area contributed by atoms with Gasteiger partial charge in [0.2, 0.25) is 5.95 Å². The van der Waals surface area contributed by atoms with Crippen LogP contribution in [0.15, 0.2) is 30.6 Å². The summed E-state index contributed by atoms with van der Waals surface area (Å²) in [5, 5.41) is 15.6. The number of amides is 1. The molecule has 0 saturated heterocycles. The van der Waals surface area contributed by atoms with Crippen molar-refractivity contribution in [2.75, 3.05) is 38.0 Å². The lowest BCUT2D eigenvalue weighted by Crippen LogP contribution is -2.19. The number of alkyl halides is 3. The van der Waals surface area contributed by atoms with E-state index in [2.05, 4.69) is 25.6 Å². The van der Waals surface area contributed by atoms with Crippen LogP contribution in [0, 0.1) is 0 Å². The number of benzene rings is 1. The number of rotatable bonds is 12. The summed E-state index contributed by atoms with van der Waals surface area (Å²) in [6.45, 7) is 4.11. The van der Waals surface area contributed by atoms with Crippen molar-refractivity contribution in [3.8, 4) is 5.75 Å². The van der Waals surface area contributed by atoms with E-state index in [1.807, 2.05) is 0 Å². The summed E-state index contributed by atoms with van der Waals surface area (Å²) in [5.74, 6) is -0.758. The lowest BCUT2D eigenvalue weighted by atomic mass is 9.83. The minimum Gasteiger partial charge on any atom is -0.495 e. The molecule has 1 saturated carbocycles. The fraction of sp³-hybridized carbons (Fsp3) is 0.484. The van der Waals surface area contributed by atoms with E-state index in [1.54, 1.807) is 39.1 Å². The van der Waals surface area contributed by atoms with Crippen molar-refractivity contribution in [2.45, 2.75) is 70.4 Å². The first-order chi connectivity index (χ1) is 22.4. The van der Waals surface area contributed by atoms with Gasteiger partial charge in [-0.15, -0.1) is 0 Å². The summed E-state index contributed by atoms with van der Waals surface area (Å²) >= 11 is 0. The number of carbonyl (C=O) groups is 1. The van der Waals surface area contributed by atoms with Crippen LogP contribution in [-0.2, 0) is 32.5 Å². The average molecular weight is 679 g/mol. The van der Waals surface area contributed by atoms with Gasteiger partial charge in [-0.1, -0.05) is 6.07 Å². The molecule has 1 aliphatic carbocycles. The van der Waals surface area contributed by atoms with Crippen molar-refractivity contribution in [1.29, 1.82) is 0 Å². The summed E-state index contributed by atoms with van der Waals surface area (Å²) in [5.41, 5.74) is 1.53. The summed E-state index contributed by atoms with van der Waals surface area (Å²) in [6, 6.07) is 4.87. The van der Waals surface area contributed by atoms with Crippen molar-refractivity contribution in [3.63, 3.8) is 0 Å². The second-order valence-corrected chi connectivity index (χ2v) is 13.5. The Morgan fingerprint density at radius 1 is 1.04 bits per heavy atom. The van der Waals surface area contributed by atoms with Crippen molar-refractivity contribution in [1.82, 2.24) is 19.9 Å². The Kier molecular flexibility index (Phi) is 10.4. The van der Waals surface area contributed by atoms with Gasteiger partial charge in [-0.2, -0.15) is 18.2 Å². The van der Waals surface area contributed by atoms with Gasteiger partial charge in [0.25, 0.3) is 5.91 Å². The van der Waals surface area contributed by atoms with Crippen molar-refractivity contribution in [2.24, 2.45) is 0 Å². The number of nitrogens with one attached hydrogen (secondary N) is 2. The summed E-state index contributed by atoms with van der Waals surface area (Å²) in [4.78, 5) is 27.4. The van der Waals surface area contributed by atoms with Crippen molar-refractivity contribution in [3.05, 3.63) is 58.5 Å². The summed E-state index contributed by atoms with van der Waals surface area (Å²) < 4.78 is 71.7. The van der Waals surface area contributed by atoms with Crippen LogP contribution >= 0.6 is 7.60 Å². The fourth-order valence-corrected chi connectivity index (χ4v) is 7.63. The molecule has 1 amide bonds. The molecule has 47 heavy (non-hydrogen) atoms. The molecule has 16 heteroatoms. The number of nitrogens with zero attached hydrogens (tertiary/aromatic N) is 4. The van der Waals surface area contributed by atoms with E-state index in [-0.39, 0.29) is 61.0 Å². The third kappa shape index (κ3) is 7.69. The average Bonchev–Trinajstić information content (AvgIpc) is 3.32. The molecule has 0 bridgehead atoms. The number of ether oxygens (including phenoxy) is 1. The quantitative estimate of drug-likeness (QED) is 0.175. The molecule has 3 N–H and O–H groups in total. The van der Waals surface area contributed by atoms with Crippen LogP contribution in [0.5, 0.6) is 5.75 Å².